The van der Waals surface area contributed by atoms with Crippen LogP contribution >= 0.6 is 23.2 Å². The molecule has 0 bridgehead atoms. The number of sulfonamides is 1. The molecule has 1 fully saturated rings. The second-order valence-corrected chi connectivity index (χ2v) is 7.43. The van der Waals surface area contributed by atoms with E-state index in [-0.39, 0.29) is 27.4 Å². The van der Waals surface area contributed by atoms with Gasteiger partial charge in [-0.3, -0.25) is 4.72 Å². The molecule has 112 valence electrons. The third kappa shape index (κ3) is 4.22. The Balaban J connectivity index is 2.07. The number of anilines is 1. The number of halogens is 3. The number of benzene rings is 1. The lowest BCUT2D eigenvalue weighted by atomic mass is 10.0. The number of hydrogen-bond acceptors (Lipinski definition) is 3. The molecule has 0 spiro atoms. The first-order valence-electron chi connectivity index (χ1n) is 6.23. The van der Waals surface area contributed by atoms with E-state index in [1.807, 2.05) is 0 Å². The third-order valence-electron chi connectivity index (χ3n) is 3.11. The second kappa shape index (κ2) is 6.47. The summed E-state index contributed by atoms with van der Waals surface area (Å²) in [5, 5.41) is 2.74. The van der Waals surface area contributed by atoms with Crippen molar-refractivity contribution in [3.63, 3.8) is 0 Å². The van der Waals surface area contributed by atoms with E-state index < -0.39 is 15.8 Å². The number of piperidine rings is 1. The van der Waals surface area contributed by atoms with E-state index in [4.69, 9.17) is 23.2 Å². The van der Waals surface area contributed by atoms with Gasteiger partial charge in [0.25, 0.3) is 0 Å². The lowest BCUT2D eigenvalue weighted by molar-refractivity contribution is 0.404. The zero-order valence-electron chi connectivity index (χ0n) is 10.6. The van der Waals surface area contributed by atoms with Gasteiger partial charge in [0.15, 0.2) is 5.82 Å². The zero-order valence-corrected chi connectivity index (χ0v) is 13.0. The van der Waals surface area contributed by atoms with Crippen LogP contribution in [0.5, 0.6) is 0 Å². The van der Waals surface area contributed by atoms with Crippen LogP contribution in [-0.4, -0.2) is 27.3 Å². The quantitative estimate of drug-likeness (QED) is 0.828. The standard InChI is InChI=1S/C12H15Cl2FN2O2S/c13-10-4-9(5-11(14)12(10)15)17-20(18,19)7-8-2-1-3-16-6-8/h4-5,8,16-17H,1-3,6-7H2. The third-order valence-corrected chi connectivity index (χ3v) is 5.12. The van der Waals surface area contributed by atoms with Gasteiger partial charge in [-0.1, -0.05) is 23.2 Å². The molecule has 0 saturated carbocycles. The molecule has 0 radical (unpaired) electrons. The SMILES string of the molecule is O=S(=O)(CC1CCCNC1)Nc1cc(Cl)c(F)c(Cl)c1. The van der Waals surface area contributed by atoms with Crippen molar-refractivity contribution in [2.45, 2.75) is 12.8 Å². The van der Waals surface area contributed by atoms with E-state index in [9.17, 15) is 12.8 Å². The van der Waals surface area contributed by atoms with Crippen LogP contribution in [0.3, 0.4) is 0 Å². The van der Waals surface area contributed by atoms with Crippen molar-refractivity contribution in [2.24, 2.45) is 5.92 Å². The molecular weight excluding hydrogens is 326 g/mol. The molecule has 4 nitrogen and oxygen atoms in total. The molecule has 0 aliphatic carbocycles. The maximum absolute atomic E-state index is 13.3. The average Bonchev–Trinajstić information content (AvgIpc) is 2.36. The smallest absolute Gasteiger partial charge is 0.233 e. The first-order chi connectivity index (χ1) is 9.37. The van der Waals surface area contributed by atoms with Crippen LogP contribution in [0.1, 0.15) is 12.8 Å². The van der Waals surface area contributed by atoms with Crippen molar-refractivity contribution in [1.82, 2.24) is 5.32 Å². The molecule has 20 heavy (non-hydrogen) atoms. The fourth-order valence-corrected chi connectivity index (χ4v) is 4.16. The van der Waals surface area contributed by atoms with Gasteiger partial charge in [-0.05, 0) is 44.0 Å². The summed E-state index contributed by atoms with van der Waals surface area (Å²) < 4.78 is 39.8. The molecule has 1 saturated heterocycles. The number of nitrogens with one attached hydrogen (secondary N) is 2. The van der Waals surface area contributed by atoms with Gasteiger partial charge in [-0.15, -0.1) is 0 Å². The number of rotatable bonds is 4. The van der Waals surface area contributed by atoms with Gasteiger partial charge in [0.05, 0.1) is 21.5 Å². The molecule has 1 aromatic rings. The molecule has 0 amide bonds. The van der Waals surface area contributed by atoms with Gasteiger partial charge < -0.3 is 5.32 Å². The minimum Gasteiger partial charge on any atom is -0.316 e. The largest absolute Gasteiger partial charge is 0.316 e. The first kappa shape index (κ1) is 15.8. The van der Waals surface area contributed by atoms with Crippen LogP contribution in [-0.2, 0) is 10.0 Å². The highest BCUT2D eigenvalue weighted by Gasteiger charge is 2.21. The lowest BCUT2D eigenvalue weighted by Gasteiger charge is -2.22. The van der Waals surface area contributed by atoms with E-state index in [1.165, 1.54) is 12.1 Å². The van der Waals surface area contributed by atoms with E-state index in [0.717, 1.165) is 19.4 Å². The molecule has 8 heteroatoms. The van der Waals surface area contributed by atoms with Crippen molar-refractivity contribution in [3.05, 3.63) is 28.0 Å². The zero-order chi connectivity index (χ0) is 14.8. The van der Waals surface area contributed by atoms with E-state index in [1.54, 1.807) is 0 Å². The van der Waals surface area contributed by atoms with E-state index >= 15 is 0 Å². The Bertz CT molecular complexity index is 566. The molecule has 0 aromatic heterocycles. The summed E-state index contributed by atoms with van der Waals surface area (Å²) in [4.78, 5) is 0. The van der Waals surface area contributed by atoms with Crippen LogP contribution in [0.2, 0.25) is 10.0 Å². The first-order valence-corrected chi connectivity index (χ1v) is 8.64. The lowest BCUT2D eigenvalue weighted by Crippen LogP contribution is -2.35. The molecular formula is C12H15Cl2FN2O2S. The Kier molecular flexibility index (Phi) is 5.12. The van der Waals surface area contributed by atoms with Crippen molar-refractivity contribution in [2.75, 3.05) is 23.6 Å². The Hall–Kier alpha value is -0.560. The fraction of sp³-hybridized carbons (Fsp3) is 0.500. The number of hydrogen-bond donors (Lipinski definition) is 2. The fourth-order valence-electron chi connectivity index (χ4n) is 2.21. The molecule has 1 unspecified atom stereocenters. The van der Waals surface area contributed by atoms with Gasteiger partial charge >= 0.3 is 0 Å². The van der Waals surface area contributed by atoms with Gasteiger partial charge in [0.1, 0.15) is 0 Å². The molecule has 1 aliphatic rings. The second-order valence-electron chi connectivity index (χ2n) is 4.85. The molecule has 1 aromatic carbocycles. The van der Waals surface area contributed by atoms with Crippen molar-refractivity contribution >= 4 is 38.9 Å². The molecule has 2 N–H and O–H groups in total. The van der Waals surface area contributed by atoms with E-state index in [0.29, 0.717) is 6.54 Å². The average molecular weight is 341 g/mol. The van der Waals surface area contributed by atoms with E-state index in [2.05, 4.69) is 10.0 Å². The molecule has 1 aliphatic heterocycles. The summed E-state index contributed by atoms with van der Waals surface area (Å²) in [6.07, 6.45) is 1.84. The van der Waals surface area contributed by atoms with Crippen LogP contribution < -0.4 is 10.0 Å². The summed E-state index contributed by atoms with van der Waals surface area (Å²) >= 11 is 11.3. The minimum absolute atomic E-state index is 0.0205. The monoisotopic (exact) mass is 340 g/mol. The predicted molar refractivity (Wildman–Crippen MR) is 79.4 cm³/mol. The van der Waals surface area contributed by atoms with Gasteiger partial charge in [-0.2, -0.15) is 0 Å². The molecule has 2 rings (SSSR count). The highest BCUT2D eigenvalue weighted by Crippen LogP contribution is 2.28. The highest BCUT2D eigenvalue weighted by molar-refractivity contribution is 7.92. The minimum atomic E-state index is -3.51. The van der Waals surface area contributed by atoms with Crippen LogP contribution in [0.25, 0.3) is 0 Å². The Morgan fingerprint density at radius 3 is 2.55 bits per heavy atom. The Morgan fingerprint density at radius 1 is 1.35 bits per heavy atom. The Morgan fingerprint density at radius 2 is 2.00 bits per heavy atom. The van der Waals surface area contributed by atoms with Crippen LogP contribution in [0.15, 0.2) is 12.1 Å². The van der Waals surface area contributed by atoms with Crippen molar-refractivity contribution in [3.8, 4) is 0 Å². The molecule has 1 heterocycles. The maximum Gasteiger partial charge on any atom is 0.233 e. The maximum atomic E-state index is 13.3. The predicted octanol–water partition coefficient (Wildman–Crippen LogP) is 2.87. The van der Waals surface area contributed by atoms with Crippen molar-refractivity contribution in [1.29, 1.82) is 0 Å². The van der Waals surface area contributed by atoms with Gasteiger partial charge in [-0.25, -0.2) is 12.8 Å². The van der Waals surface area contributed by atoms with Gasteiger partial charge in [0.2, 0.25) is 10.0 Å². The normalized spacial score (nSPS) is 19.9. The topological polar surface area (TPSA) is 58.2 Å². The molecule has 1 atom stereocenters. The van der Waals surface area contributed by atoms with Crippen LogP contribution in [0.4, 0.5) is 10.1 Å². The summed E-state index contributed by atoms with van der Waals surface area (Å²) in [6, 6.07) is 2.42. The summed E-state index contributed by atoms with van der Waals surface area (Å²) in [5.41, 5.74) is 0.171. The summed E-state index contributed by atoms with van der Waals surface area (Å²) in [7, 11) is -3.51. The summed E-state index contributed by atoms with van der Waals surface area (Å²) in [5.74, 6) is -0.660. The summed E-state index contributed by atoms with van der Waals surface area (Å²) in [6.45, 7) is 1.61. The van der Waals surface area contributed by atoms with Crippen molar-refractivity contribution < 1.29 is 12.8 Å². The van der Waals surface area contributed by atoms with Gasteiger partial charge in [0, 0.05) is 0 Å². The van der Waals surface area contributed by atoms with Crippen LogP contribution in [0, 0.1) is 11.7 Å². The Labute approximate surface area is 127 Å². The highest BCUT2D eigenvalue weighted by atomic mass is 35.5.